The molecule has 3 heterocycles. The lowest BCUT2D eigenvalue weighted by Gasteiger charge is -2.14. The van der Waals surface area contributed by atoms with Gasteiger partial charge in [0.15, 0.2) is 18.2 Å². The van der Waals surface area contributed by atoms with Crippen molar-refractivity contribution in [3.05, 3.63) is 29.7 Å². The number of hydrogen-bond donors (Lipinski definition) is 0. The molecule has 8 nitrogen and oxygen atoms in total. The Morgan fingerprint density at radius 1 is 1.38 bits per heavy atom. The van der Waals surface area contributed by atoms with Crippen LogP contribution >= 0.6 is 11.8 Å². The van der Waals surface area contributed by atoms with Gasteiger partial charge in [0.05, 0.1) is 12.0 Å². The number of esters is 1. The van der Waals surface area contributed by atoms with Gasteiger partial charge in [0.1, 0.15) is 10.6 Å². The van der Waals surface area contributed by atoms with Crippen molar-refractivity contribution in [2.24, 2.45) is 0 Å². The first-order valence-corrected chi connectivity index (χ1v) is 9.20. The van der Waals surface area contributed by atoms with Crippen LogP contribution in [0, 0.1) is 6.92 Å². The summed E-state index contributed by atoms with van der Waals surface area (Å²) in [6.45, 7) is 1.54. The Balaban J connectivity index is 1.76. The third kappa shape index (κ3) is 3.62. The second-order valence-corrected chi connectivity index (χ2v) is 6.41. The van der Waals surface area contributed by atoms with Crippen LogP contribution in [0.25, 0.3) is 11.6 Å². The van der Waals surface area contributed by atoms with Gasteiger partial charge in [-0.1, -0.05) is 0 Å². The summed E-state index contributed by atoms with van der Waals surface area (Å²) in [6.07, 6.45) is 4.27. The molecule has 0 aliphatic carbocycles. The van der Waals surface area contributed by atoms with Crippen LogP contribution in [-0.4, -0.2) is 52.1 Å². The van der Waals surface area contributed by atoms with Gasteiger partial charge in [-0.3, -0.25) is 14.5 Å². The first-order chi connectivity index (χ1) is 12.5. The number of carbonyl (C=O) groups is 3. The van der Waals surface area contributed by atoms with E-state index in [0.717, 1.165) is 4.90 Å². The third-order valence-corrected chi connectivity index (χ3v) is 4.58. The van der Waals surface area contributed by atoms with Crippen molar-refractivity contribution in [1.82, 2.24) is 14.9 Å². The Bertz CT molecular complexity index is 850. The predicted octanol–water partition coefficient (Wildman–Crippen LogP) is 2.07. The number of rotatable bonds is 5. The molecule has 1 aliphatic rings. The van der Waals surface area contributed by atoms with E-state index in [1.165, 1.54) is 18.0 Å². The number of aromatic nitrogens is 2. The Labute approximate surface area is 153 Å². The molecule has 0 radical (unpaired) electrons. The average Bonchev–Trinajstić information content (AvgIpc) is 3.30. The van der Waals surface area contributed by atoms with E-state index in [4.69, 9.17) is 9.15 Å². The minimum atomic E-state index is -0.696. The molecule has 1 saturated heterocycles. The fourth-order valence-electron chi connectivity index (χ4n) is 2.63. The monoisotopic (exact) mass is 375 g/mol. The summed E-state index contributed by atoms with van der Waals surface area (Å²) in [5, 5.41) is 0.429. The van der Waals surface area contributed by atoms with Gasteiger partial charge in [0.2, 0.25) is 5.91 Å². The molecule has 1 aliphatic heterocycles. The number of furan rings is 1. The maximum atomic E-state index is 12.4. The van der Waals surface area contributed by atoms with Crippen molar-refractivity contribution in [1.29, 1.82) is 0 Å². The highest BCUT2D eigenvalue weighted by atomic mass is 32.2. The molecule has 0 aromatic carbocycles. The van der Waals surface area contributed by atoms with Crippen molar-refractivity contribution in [3.63, 3.8) is 0 Å². The van der Waals surface area contributed by atoms with E-state index < -0.39 is 18.5 Å². The molecule has 0 bridgehead atoms. The molecule has 2 aromatic heterocycles. The lowest BCUT2D eigenvalue weighted by molar-refractivity contribution is -0.143. The molecule has 0 spiro atoms. The largest absolute Gasteiger partial charge is 0.461 e. The van der Waals surface area contributed by atoms with Gasteiger partial charge in [-0.05, 0) is 31.7 Å². The van der Waals surface area contributed by atoms with E-state index in [1.54, 1.807) is 25.3 Å². The zero-order valence-electron chi connectivity index (χ0n) is 14.4. The molecule has 0 unspecified atom stereocenters. The molecule has 9 heteroatoms. The molecule has 0 saturated carbocycles. The highest BCUT2D eigenvalue weighted by Crippen LogP contribution is 2.25. The van der Waals surface area contributed by atoms with Crippen LogP contribution in [0.5, 0.6) is 0 Å². The molecule has 2 amide bonds. The summed E-state index contributed by atoms with van der Waals surface area (Å²) in [7, 11) is 0. The number of nitrogens with zero attached hydrogens (tertiary/aromatic N) is 3. The van der Waals surface area contributed by atoms with E-state index >= 15 is 0 Å². The molecular formula is C17H17N3O5S. The average molecular weight is 375 g/mol. The van der Waals surface area contributed by atoms with Gasteiger partial charge in [-0.15, -0.1) is 11.8 Å². The molecule has 136 valence electrons. The number of ether oxygens (including phenoxy) is 1. The lowest BCUT2D eigenvalue weighted by atomic mass is 10.2. The van der Waals surface area contributed by atoms with Crippen LogP contribution in [0.2, 0.25) is 0 Å². The molecule has 1 fully saturated rings. The van der Waals surface area contributed by atoms with Gasteiger partial charge in [-0.2, -0.15) is 0 Å². The molecular weight excluding hydrogens is 358 g/mol. The first-order valence-electron chi connectivity index (χ1n) is 7.98. The van der Waals surface area contributed by atoms with Crippen LogP contribution in [0.15, 0.2) is 27.8 Å². The number of amides is 2. The molecule has 3 rings (SSSR count). The van der Waals surface area contributed by atoms with Gasteiger partial charge in [-0.25, -0.2) is 14.8 Å². The molecule has 0 atom stereocenters. The van der Waals surface area contributed by atoms with Gasteiger partial charge in [0, 0.05) is 13.0 Å². The van der Waals surface area contributed by atoms with Crippen LogP contribution in [0.1, 0.15) is 28.9 Å². The van der Waals surface area contributed by atoms with Crippen LogP contribution in [0.3, 0.4) is 0 Å². The first kappa shape index (κ1) is 18.1. The number of likely N-dealkylation sites (tertiary alicyclic amines) is 1. The molecule has 2 aromatic rings. The van der Waals surface area contributed by atoms with Crippen molar-refractivity contribution < 1.29 is 23.5 Å². The maximum Gasteiger partial charge on any atom is 0.343 e. The number of imide groups is 1. The summed E-state index contributed by atoms with van der Waals surface area (Å²) in [5.74, 6) is -0.591. The van der Waals surface area contributed by atoms with Crippen molar-refractivity contribution in [2.45, 2.75) is 24.8 Å². The van der Waals surface area contributed by atoms with Crippen LogP contribution < -0.4 is 0 Å². The normalized spacial score (nSPS) is 13.9. The van der Waals surface area contributed by atoms with Crippen molar-refractivity contribution in [2.75, 3.05) is 19.4 Å². The highest BCUT2D eigenvalue weighted by molar-refractivity contribution is 7.98. The fraction of sp³-hybridized carbons (Fsp3) is 0.353. The fourth-order valence-corrected chi connectivity index (χ4v) is 3.25. The topological polar surface area (TPSA) is 103 Å². The van der Waals surface area contributed by atoms with E-state index in [0.29, 0.717) is 41.7 Å². The second kappa shape index (κ2) is 7.69. The van der Waals surface area contributed by atoms with E-state index in [1.807, 2.05) is 0 Å². The van der Waals surface area contributed by atoms with Gasteiger partial charge >= 0.3 is 5.97 Å². The quantitative estimate of drug-likeness (QED) is 0.445. The number of carbonyl (C=O) groups excluding carboxylic acids is 3. The Morgan fingerprint density at radius 2 is 2.19 bits per heavy atom. The Hall–Kier alpha value is -2.68. The van der Waals surface area contributed by atoms with E-state index in [2.05, 4.69) is 9.97 Å². The Kier molecular flexibility index (Phi) is 5.36. The standard InChI is InChI=1S/C17H17N3O5S/c1-10-14(16(26-2)19-15(18-10)11-5-4-8-24-11)17(23)25-9-13(22)20-7-3-6-12(20)21/h4-5,8H,3,6-7,9H2,1-2H3. The van der Waals surface area contributed by atoms with Crippen LogP contribution in [-0.2, 0) is 14.3 Å². The minimum absolute atomic E-state index is 0.202. The number of aryl methyl sites for hydroxylation is 1. The molecule has 26 heavy (non-hydrogen) atoms. The van der Waals surface area contributed by atoms with Crippen molar-refractivity contribution >= 4 is 29.5 Å². The predicted molar refractivity (Wildman–Crippen MR) is 92.5 cm³/mol. The van der Waals surface area contributed by atoms with Gasteiger partial charge < -0.3 is 9.15 Å². The summed E-state index contributed by atoms with van der Waals surface area (Å²) < 4.78 is 10.4. The zero-order chi connectivity index (χ0) is 18.7. The lowest BCUT2D eigenvalue weighted by Crippen LogP contribution is -2.35. The third-order valence-electron chi connectivity index (χ3n) is 3.90. The Morgan fingerprint density at radius 3 is 2.81 bits per heavy atom. The summed E-state index contributed by atoms with van der Waals surface area (Å²) in [4.78, 5) is 45.8. The highest BCUT2D eigenvalue weighted by Gasteiger charge is 2.28. The molecule has 0 N–H and O–H groups in total. The SMILES string of the molecule is CSc1nc(-c2ccco2)nc(C)c1C(=O)OCC(=O)N1CCCC1=O. The summed E-state index contributed by atoms with van der Waals surface area (Å²) >= 11 is 1.27. The summed E-state index contributed by atoms with van der Waals surface area (Å²) in [6, 6.07) is 3.45. The summed E-state index contributed by atoms with van der Waals surface area (Å²) in [5.41, 5.74) is 0.624. The minimum Gasteiger partial charge on any atom is -0.461 e. The number of thioether (sulfide) groups is 1. The van der Waals surface area contributed by atoms with Crippen LogP contribution in [0.4, 0.5) is 0 Å². The smallest absolute Gasteiger partial charge is 0.343 e. The maximum absolute atomic E-state index is 12.4. The second-order valence-electron chi connectivity index (χ2n) is 5.61. The van der Waals surface area contributed by atoms with E-state index in [-0.39, 0.29) is 11.5 Å². The van der Waals surface area contributed by atoms with Crippen molar-refractivity contribution in [3.8, 4) is 11.6 Å². The number of hydrogen-bond acceptors (Lipinski definition) is 8. The zero-order valence-corrected chi connectivity index (χ0v) is 15.2. The van der Waals surface area contributed by atoms with Gasteiger partial charge in [0.25, 0.3) is 5.91 Å². The van der Waals surface area contributed by atoms with E-state index in [9.17, 15) is 14.4 Å².